The fourth-order valence-electron chi connectivity index (χ4n) is 0.907. The number of nitrogens with one attached hydrogen (secondary N) is 1. The number of sulfonamides is 1. The summed E-state index contributed by atoms with van der Waals surface area (Å²) >= 11 is 0. The summed E-state index contributed by atoms with van der Waals surface area (Å²) in [6.45, 7) is 1.04. The average molecular weight is 217 g/mol. The lowest BCUT2D eigenvalue weighted by Crippen LogP contribution is -2.28. The van der Waals surface area contributed by atoms with Gasteiger partial charge in [-0.2, -0.15) is 0 Å². The molecular formula is C8H8FNO3S. The number of amides is 1. The highest BCUT2D eigenvalue weighted by Gasteiger charge is 2.18. The van der Waals surface area contributed by atoms with Crippen LogP contribution in [0.2, 0.25) is 0 Å². The molecule has 1 aromatic rings. The first-order chi connectivity index (χ1) is 6.43. The number of hydrogen-bond donors (Lipinski definition) is 1. The van der Waals surface area contributed by atoms with Crippen LogP contribution in [0.25, 0.3) is 0 Å². The molecule has 1 rings (SSSR count). The Bertz CT molecular complexity index is 455. The quantitative estimate of drug-likeness (QED) is 0.791. The van der Waals surface area contributed by atoms with Crippen LogP contribution >= 0.6 is 0 Å². The third-order valence-corrected chi connectivity index (χ3v) is 2.87. The minimum Gasteiger partial charge on any atom is -0.274 e. The standard InChI is InChI=1S/C8H8FNO3S/c1-6(11)10-14(12,13)8-5-3-2-4-7(8)9/h2-5H,1H3,(H,10,11). The Hall–Kier alpha value is -1.43. The molecule has 4 nitrogen and oxygen atoms in total. The zero-order valence-electron chi connectivity index (χ0n) is 7.32. The van der Waals surface area contributed by atoms with Crippen molar-refractivity contribution in [3.05, 3.63) is 30.1 Å². The summed E-state index contributed by atoms with van der Waals surface area (Å²) < 4.78 is 37.3. The van der Waals surface area contributed by atoms with Crippen LogP contribution in [0.3, 0.4) is 0 Å². The van der Waals surface area contributed by atoms with Crippen molar-refractivity contribution in [2.24, 2.45) is 0 Å². The van der Waals surface area contributed by atoms with E-state index in [0.717, 1.165) is 19.1 Å². The van der Waals surface area contributed by atoms with E-state index in [-0.39, 0.29) is 0 Å². The molecule has 0 fully saturated rings. The monoisotopic (exact) mass is 217 g/mol. The van der Waals surface area contributed by atoms with Crippen LogP contribution in [0.15, 0.2) is 29.2 Å². The Morgan fingerprint density at radius 2 is 1.93 bits per heavy atom. The molecule has 6 heteroatoms. The number of benzene rings is 1. The van der Waals surface area contributed by atoms with Crippen molar-refractivity contribution >= 4 is 15.9 Å². The summed E-state index contributed by atoms with van der Waals surface area (Å²) in [7, 11) is -4.06. The second-order valence-electron chi connectivity index (χ2n) is 2.59. The van der Waals surface area contributed by atoms with E-state index in [0.29, 0.717) is 0 Å². The van der Waals surface area contributed by atoms with E-state index in [2.05, 4.69) is 0 Å². The number of halogens is 1. The number of carbonyl (C=O) groups is 1. The van der Waals surface area contributed by atoms with Gasteiger partial charge in [0.2, 0.25) is 5.91 Å². The Kier molecular flexibility index (Phi) is 2.85. The predicted molar refractivity (Wildman–Crippen MR) is 47.4 cm³/mol. The maximum absolute atomic E-state index is 13.0. The van der Waals surface area contributed by atoms with Gasteiger partial charge in [0.25, 0.3) is 10.0 Å². The highest BCUT2D eigenvalue weighted by Crippen LogP contribution is 2.12. The average Bonchev–Trinajstić information content (AvgIpc) is 2.02. The van der Waals surface area contributed by atoms with Gasteiger partial charge < -0.3 is 0 Å². The Morgan fingerprint density at radius 3 is 2.43 bits per heavy atom. The molecule has 0 aliphatic carbocycles. The summed E-state index contributed by atoms with van der Waals surface area (Å²) in [6, 6.07) is 4.83. The second kappa shape index (κ2) is 3.75. The van der Waals surface area contributed by atoms with Gasteiger partial charge in [0.15, 0.2) is 0 Å². The predicted octanol–water partition coefficient (Wildman–Crippen LogP) is 0.650. The van der Waals surface area contributed by atoms with Crippen molar-refractivity contribution in [3.63, 3.8) is 0 Å². The lowest BCUT2D eigenvalue weighted by molar-refractivity contribution is -0.117. The Balaban J connectivity index is 3.17. The van der Waals surface area contributed by atoms with E-state index in [1.54, 1.807) is 4.72 Å². The molecule has 0 aliphatic rings. The molecule has 1 aromatic carbocycles. The van der Waals surface area contributed by atoms with Crippen molar-refractivity contribution < 1.29 is 17.6 Å². The minimum absolute atomic E-state index is 0.532. The Labute approximate surface area is 80.8 Å². The van der Waals surface area contributed by atoms with E-state index in [9.17, 15) is 17.6 Å². The van der Waals surface area contributed by atoms with Gasteiger partial charge in [-0.15, -0.1) is 0 Å². The molecule has 14 heavy (non-hydrogen) atoms. The van der Waals surface area contributed by atoms with Crippen molar-refractivity contribution in [2.45, 2.75) is 11.8 Å². The number of rotatable bonds is 2. The van der Waals surface area contributed by atoms with Crippen LogP contribution < -0.4 is 4.72 Å². The molecule has 0 radical (unpaired) electrons. The van der Waals surface area contributed by atoms with Gasteiger partial charge in [0.1, 0.15) is 10.7 Å². The van der Waals surface area contributed by atoms with Crippen molar-refractivity contribution in [1.29, 1.82) is 0 Å². The molecule has 0 heterocycles. The molecule has 0 spiro atoms. The summed E-state index contributed by atoms with van der Waals surface area (Å²) in [4.78, 5) is 10.00. The molecule has 76 valence electrons. The molecule has 0 saturated heterocycles. The first kappa shape index (κ1) is 10.6. The maximum atomic E-state index is 13.0. The molecule has 0 bridgehead atoms. The molecule has 1 N–H and O–H groups in total. The number of carbonyl (C=O) groups excluding carboxylic acids is 1. The van der Waals surface area contributed by atoms with Crippen molar-refractivity contribution in [2.75, 3.05) is 0 Å². The van der Waals surface area contributed by atoms with Crippen LogP contribution in [-0.4, -0.2) is 14.3 Å². The Morgan fingerprint density at radius 1 is 1.36 bits per heavy atom. The van der Waals surface area contributed by atoms with E-state index in [1.807, 2.05) is 0 Å². The highest BCUT2D eigenvalue weighted by molar-refractivity contribution is 7.90. The lowest BCUT2D eigenvalue weighted by Gasteiger charge is -2.04. The summed E-state index contributed by atoms with van der Waals surface area (Å²) in [5.74, 6) is -1.64. The van der Waals surface area contributed by atoms with Gasteiger partial charge in [-0.1, -0.05) is 12.1 Å². The van der Waals surface area contributed by atoms with Crippen molar-refractivity contribution in [1.82, 2.24) is 4.72 Å². The van der Waals surface area contributed by atoms with Gasteiger partial charge >= 0.3 is 0 Å². The topological polar surface area (TPSA) is 63.2 Å². The smallest absolute Gasteiger partial charge is 0.266 e. The van der Waals surface area contributed by atoms with Crippen LogP contribution in [0, 0.1) is 5.82 Å². The van der Waals surface area contributed by atoms with Crippen molar-refractivity contribution in [3.8, 4) is 0 Å². The minimum atomic E-state index is -4.06. The first-order valence-electron chi connectivity index (χ1n) is 3.71. The third kappa shape index (κ3) is 2.29. The maximum Gasteiger partial charge on any atom is 0.266 e. The van der Waals surface area contributed by atoms with Crippen LogP contribution in [0.5, 0.6) is 0 Å². The van der Waals surface area contributed by atoms with E-state index in [1.165, 1.54) is 12.1 Å². The van der Waals surface area contributed by atoms with E-state index in [4.69, 9.17) is 0 Å². The van der Waals surface area contributed by atoms with Gasteiger partial charge in [-0.05, 0) is 12.1 Å². The van der Waals surface area contributed by atoms with Crippen LogP contribution in [0.1, 0.15) is 6.92 Å². The van der Waals surface area contributed by atoms with E-state index < -0.39 is 26.6 Å². The summed E-state index contributed by atoms with van der Waals surface area (Å²) in [5, 5.41) is 0. The molecule has 0 aliphatic heterocycles. The normalized spacial score (nSPS) is 11.0. The lowest BCUT2D eigenvalue weighted by atomic mass is 10.4. The number of hydrogen-bond acceptors (Lipinski definition) is 3. The van der Waals surface area contributed by atoms with Crippen LogP contribution in [-0.2, 0) is 14.8 Å². The SMILES string of the molecule is CC(=O)NS(=O)(=O)c1ccccc1F. The molecule has 0 atom stereocenters. The summed E-state index contributed by atoms with van der Waals surface area (Å²) in [6.07, 6.45) is 0. The van der Waals surface area contributed by atoms with Gasteiger partial charge in [0.05, 0.1) is 0 Å². The molecule has 0 saturated carbocycles. The molecular weight excluding hydrogens is 209 g/mol. The zero-order valence-corrected chi connectivity index (χ0v) is 8.14. The fraction of sp³-hybridized carbons (Fsp3) is 0.125. The molecule has 1 amide bonds. The van der Waals surface area contributed by atoms with Crippen LogP contribution in [0.4, 0.5) is 4.39 Å². The van der Waals surface area contributed by atoms with Gasteiger partial charge in [0, 0.05) is 6.92 Å². The van der Waals surface area contributed by atoms with Gasteiger partial charge in [-0.3, -0.25) is 4.79 Å². The van der Waals surface area contributed by atoms with E-state index >= 15 is 0 Å². The molecule has 0 unspecified atom stereocenters. The second-order valence-corrected chi connectivity index (χ2v) is 4.24. The third-order valence-electron chi connectivity index (χ3n) is 1.40. The first-order valence-corrected chi connectivity index (χ1v) is 5.20. The largest absolute Gasteiger partial charge is 0.274 e. The van der Waals surface area contributed by atoms with Gasteiger partial charge in [-0.25, -0.2) is 17.5 Å². The summed E-state index contributed by atoms with van der Waals surface area (Å²) in [5.41, 5.74) is 0. The highest BCUT2D eigenvalue weighted by atomic mass is 32.2. The molecule has 0 aromatic heterocycles. The zero-order chi connectivity index (χ0) is 10.8. The fourth-order valence-corrected chi connectivity index (χ4v) is 1.98.